The Labute approximate surface area is 114 Å². The number of nitrogens with one attached hydrogen (secondary N) is 1. The summed E-state index contributed by atoms with van der Waals surface area (Å²) in [5, 5.41) is 2.95. The molecule has 19 heavy (non-hydrogen) atoms. The predicted octanol–water partition coefficient (Wildman–Crippen LogP) is 3.05. The molecule has 0 aliphatic rings. The molecule has 0 aliphatic heterocycles. The molecule has 0 aromatic heterocycles. The number of methoxy groups -OCH3 is 2. The summed E-state index contributed by atoms with van der Waals surface area (Å²) in [5.74, 6) is 1.22. The van der Waals surface area contributed by atoms with Gasteiger partial charge in [0.15, 0.2) is 11.5 Å². The van der Waals surface area contributed by atoms with Gasteiger partial charge >= 0.3 is 5.51 Å². The summed E-state index contributed by atoms with van der Waals surface area (Å²) < 4.78 is 45.9. The van der Waals surface area contributed by atoms with Gasteiger partial charge in [-0.15, -0.1) is 0 Å². The van der Waals surface area contributed by atoms with Gasteiger partial charge in [-0.2, -0.15) is 13.2 Å². The van der Waals surface area contributed by atoms with Gasteiger partial charge in [-0.3, -0.25) is 0 Å². The highest BCUT2D eigenvalue weighted by molar-refractivity contribution is 8.00. The van der Waals surface area contributed by atoms with Crippen LogP contribution in [-0.2, 0) is 6.54 Å². The fourth-order valence-corrected chi connectivity index (χ4v) is 1.94. The van der Waals surface area contributed by atoms with Crippen LogP contribution in [-0.4, -0.2) is 32.0 Å². The van der Waals surface area contributed by atoms with Crippen molar-refractivity contribution in [1.29, 1.82) is 0 Å². The van der Waals surface area contributed by atoms with E-state index in [2.05, 4.69) is 5.32 Å². The van der Waals surface area contributed by atoms with Crippen molar-refractivity contribution >= 4 is 11.8 Å². The van der Waals surface area contributed by atoms with Crippen LogP contribution in [0.3, 0.4) is 0 Å². The molecule has 1 aromatic rings. The number of alkyl halides is 3. The lowest BCUT2D eigenvalue weighted by Crippen LogP contribution is -2.18. The molecule has 1 N–H and O–H groups in total. The summed E-state index contributed by atoms with van der Waals surface area (Å²) in [7, 11) is 3.08. The van der Waals surface area contributed by atoms with Gasteiger partial charge in [0.05, 0.1) is 14.2 Å². The molecule has 0 amide bonds. The van der Waals surface area contributed by atoms with Crippen LogP contribution >= 0.6 is 11.8 Å². The SMILES string of the molecule is COc1ccc(CNCCSC(F)(F)F)cc1OC. The minimum Gasteiger partial charge on any atom is -0.493 e. The number of benzene rings is 1. The van der Waals surface area contributed by atoms with Crippen molar-refractivity contribution in [1.82, 2.24) is 5.32 Å². The zero-order valence-corrected chi connectivity index (χ0v) is 11.5. The van der Waals surface area contributed by atoms with Crippen molar-refractivity contribution < 1.29 is 22.6 Å². The fourth-order valence-electron chi connectivity index (χ4n) is 1.46. The second-order valence-corrected chi connectivity index (χ2v) is 4.82. The van der Waals surface area contributed by atoms with Gasteiger partial charge in [-0.05, 0) is 29.5 Å². The molecule has 0 spiro atoms. The number of ether oxygens (including phenoxy) is 2. The van der Waals surface area contributed by atoms with Gasteiger partial charge in [-0.1, -0.05) is 6.07 Å². The maximum absolute atomic E-state index is 11.9. The summed E-state index contributed by atoms with van der Waals surface area (Å²) in [5.41, 5.74) is -3.24. The Morgan fingerprint density at radius 1 is 1.16 bits per heavy atom. The average molecular weight is 295 g/mol. The third-order valence-electron chi connectivity index (χ3n) is 2.32. The van der Waals surface area contributed by atoms with E-state index in [9.17, 15) is 13.2 Å². The molecule has 3 nitrogen and oxygen atoms in total. The molecule has 0 saturated carbocycles. The Morgan fingerprint density at radius 3 is 2.42 bits per heavy atom. The number of hydrogen-bond acceptors (Lipinski definition) is 4. The predicted molar refractivity (Wildman–Crippen MR) is 69.8 cm³/mol. The van der Waals surface area contributed by atoms with Crippen LogP contribution in [0.25, 0.3) is 0 Å². The molecule has 7 heteroatoms. The normalized spacial score (nSPS) is 11.4. The zero-order chi connectivity index (χ0) is 14.3. The van der Waals surface area contributed by atoms with E-state index in [0.29, 0.717) is 24.6 Å². The minimum absolute atomic E-state index is 0.00318. The van der Waals surface area contributed by atoms with E-state index in [-0.39, 0.29) is 17.5 Å². The molecule has 0 saturated heterocycles. The monoisotopic (exact) mass is 295 g/mol. The minimum atomic E-state index is -4.16. The smallest absolute Gasteiger partial charge is 0.441 e. The van der Waals surface area contributed by atoms with Crippen molar-refractivity contribution in [3.05, 3.63) is 23.8 Å². The van der Waals surface area contributed by atoms with Crippen LogP contribution in [0, 0.1) is 0 Å². The zero-order valence-electron chi connectivity index (χ0n) is 10.7. The molecule has 0 heterocycles. The quantitative estimate of drug-likeness (QED) is 0.783. The van der Waals surface area contributed by atoms with E-state index < -0.39 is 5.51 Å². The van der Waals surface area contributed by atoms with Gasteiger partial charge in [-0.25, -0.2) is 0 Å². The Balaban J connectivity index is 2.37. The van der Waals surface area contributed by atoms with Crippen molar-refractivity contribution in [2.45, 2.75) is 12.1 Å². The molecule has 0 bridgehead atoms. The van der Waals surface area contributed by atoms with E-state index in [0.717, 1.165) is 5.56 Å². The second kappa shape index (κ2) is 7.49. The number of thioether (sulfide) groups is 1. The highest BCUT2D eigenvalue weighted by Crippen LogP contribution is 2.29. The average Bonchev–Trinajstić information content (AvgIpc) is 2.36. The number of halogens is 3. The van der Waals surface area contributed by atoms with Crippen molar-refractivity contribution in [3.63, 3.8) is 0 Å². The van der Waals surface area contributed by atoms with E-state index in [1.165, 1.54) is 7.11 Å². The highest BCUT2D eigenvalue weighted by atomic mass is 32.2. The topological polar surface area (TPSA) is 30.5 Å². The first-order valence-electron chi connectivity index (χ1n) is 5.58. The summed E-state index contributed by atoms with van der Waals surface area (Å²) in [6.07, 6.45) is 0. The Hall–Kier alpha value is -1.08. The van der Waals surface area contributed by atoms with E-state index >= 15 is 0 Å². The van der Waals surface area contributed by atoms with Gasteiger partial charge in [0.2, 0.25) is 0 Å². The molecule has 0 radical (unpaired) electrons. The van der Waals surface area contributed by atoms with E-state index in [1.807, 2.05) is 6.07 Å². The van der Waals surface area contributed by atoms with Gasteiger partial charge < -0.3 is 14.8 Å². The van der Waals surface area contributed by atoms with E-state index in [4.69, 9.17) is 9.47 Å². The molecule has 0 aliphatic carbocycles. The molecule has 0 atom stereocenters. The first-order valence-corrected chi connectivity index (χ1v) is 6.57. The molecule has 1 rings (SSSR count). The lowest BCUT2D eigenvalue weighted by atomic mass is 10.2. The fraction of sp³-hybridized carbons (Fsp3) is 0.500. The lowest BCUT2D eigenvalue weighted by molar-refractivity contribution is -0.0327. The Morgan fingerprint density at radius 2 is 1.84 bits per heavy atom. The molecule has 0 unspecified atom stereocenters. The largest absolute Gasteiger partial charge is 0.493 e. The third-order valence-corrected chi connectivity index (χ3v) is 3.06. The van der Waals surface area contributed by atoms with Crippen LogP contribution in [0.1, 0.15) is 5.56 Å². The molecular formula is C12H16F3NO2S. The highest BCUT2D eigenvalue weighted by Gasteiger charge is 2.27. The molecular weight excluding hydrogens is 279 g/mol. The Kier molecular flexibility index (Phi) is 6.30. The van der Waals surface area contributed by atoms with Crippen molar-refractivity contribution in [2.24, 2.45) is 0 Å². The molecule has 108 valence electrons. The number of hydrogen-bond donors (Lipinski definition) is 1. The van der Waals surface area contributed by atoms with Crippen LogP contribution in [0.4, 0.5) is 13.2 Å². The maximum Gasteiger partial charge on any atom is 0.441 e. The van der Waals surface area contributed by atoms with Crippen molar-refractivity contribution in [2.75, 3.05) is 26.5 Å². The van der Waals surface area contributed by atoms with Gasteiger partial charge in [0.25, 0.3) is 0 Å². The third kappa shape index (κ3) is 6.07. The summed E-state index contributed by atoms with van der Waals surface area (Å²) in [6.45, 7) is 0.775. The van der Waals surface area contributed by atoms with Crippen LogP contribution < -0.4 is 14.8 Å². The van der Waals surface area contributed by atoms with Crippen molar-refractivity contribution in [3.8, 4) is 11.5 Å². The number of rotatable bonds is 7. The molecule has 1 aromatic carbocycles. The van der Waals surface area contributed by atoms with Crippen LogP contribution in [0.15, 0.2) is 18.2 Å². The summed E-state index contributed by atoms with van der Waals surface area (Å²) in [6, 6.07) is 5.40. The standard InChI is InChI=1S/C12H16F3NO2S/c1-17-10-4-3-9(7-11(10)18-2)8-16-5-6-19-12(13,14)15/h3-4,7,16H,5-6,8H2,1-2H3. The van der Waals surface area contributed by atoms with Gasteiger partial charge in [0, 0.05) is 18.8 Å². The van der Waals surface area contributed by atoms with Gasteiger partial charge in [0.1, 0.15) is 0 Å². The lowest BCUT2D eigenvalue weighted by Gasteiger charge is -2.10. The van der Waals surface area contributed by atoms with Crippen LogP contribution in [0.5, 0.6) is 11.5 Å². The first kappa shape index (κ1) is 16.0. The first-order chi connectivity index (χ1) is 8.96. The van der Waals surface area contributed by atoms with Crippen LogP contribution in [0.2, 0.25) is 0 Å². The maximum atomic E-state index is 11.9. The summed E-state index contributed by atoms with van der Waals surface area (Å²) >= 11 is -0.0248. The second-order valence-electron chi connectivity index (χ2n) is 3.66. The summed E-state index contributed by atoms with van der Waals surface area (Å²) in [4.78, 5) is 0. The van der Waals surface area contributed by atoms with E-state index in [1.54, 1.807) is 19.2 Å². The molecule has 0 fully saturated rings. The Bertz CT molecular complexity index is 399.